The van der Waals surface area contributed by atoms with Crippen molar-refractivity contribution in [2.75, 3.05) is 52.0 Å². The van der Waals surface area contributed by atoms with E-state index in [1.165, 1.54) is 0 Å². The van der Waals surface area contributed by atoms with Crippen LogP contribution < -0.4 is 14.4 Å². The van der Waals surface area contributed by atoms with Crippen molar-refractivity contribution in [2.45, 2.75) is 20.0 Å². The zero-order valence-corrected chi connectivity index (χ0v) is 20.1. The number of ketones is 1. The Balaban J connectivity index is 1.57. The van der Waals surface area contributed by atoms with Crippen LogP contribution in [0.2, 0.25) is 0 Å². The Morgan fingerprint density at radius 1 is 1.00 bits per heavy atom. The molecule has 0 spiro atoms. The summed E-state index contributed by atoms with van der Waals surface area (Å²) >= 11 is 0. The molecule has 0 saturated carbocycles. The van der Waals surface area contributed by atoms with Crippen LogP contribution in [0.1, 0.15) is 34.7 Å². The van der Waals surface area contributed by atoms with Gasteiger partial charge in [-0.25, -0.2) is 0 Å². The van der Waals surface area contributed by atoms with Crippen molar-refractivity contribution in [3.05, 3.63) is 65.4 Å². The Hall–Kier alpha value is -3.29. The molecule has 7 nitrogen and oxygen atoms in total. The zero-order valence-electron chi connectivity index (χ0n) is 20.1. The molecule has 1 fully saturated rings. The number of rotatable bonds is 9. The van der Waals surface area contributed by atoms with Gasteiger partial charge in [0.15, 0.2) is 5.76 Å². The lowest BCUT2D eigenvalue weighted by atomic mass is 10.0. The molecule has 0 bridgehead atoms. The van der Waals surface area contributed by atoms with Crippen LogP contribution in [0.5, 0.6) is 11.5 Å². The second kappa shape index (κ2) is 10.8. The SMILES string of the molecule is CCOC(C(=O)c1ccc(-c2cc(OC)c(C)c(OC)c2)o1)c1ccc(N2CCOCC2)cc1. The van der Waals surface area contributed by atoms with Gasteiger partial charge >= 0.3 is 0 Å². The summed E-state index contributed by atoms with van der Waals surface area (Å²) in [4.78, 5) is 15.6. The second-order valence-corrected chi connectivity index (χ2v) is 8.06. The third kappa shape index (κ3) is 4.95. The highest BCUT2D eigenvalue weighted by Crippen LogP contribution is 2.36. The fourth-order valence-corrected chi connectivity index (χ4v) is 4.15. The van der Waals surface area contributed by atoms with E-state index in [1.54, 1.807) is 26.4 Å². The van der Waals surface area contributed by atoms with Crippen LogP contribution >= 0.6 is 0 Å². The molecule has 1 aliphatic heterocycles. The van der Waals surface area contributed by atoms with Crippen LogP contribution in [0, 0.1) is 6.92 Å². The van der Waals surface area contributed by atoms with Crippen molar-refractivity contribution in [1.29, 1.82) is 0 Å². The lowest BCUT2D eigenvalue weighted by Gasteiger charge is -2.29. The largest absolute Gasteiger partial charge is 0.496 e. The fourth-order valence-electron chi connectivity index (χ4n) is 4.15. The number of furan rings is 1. The van der Waals surface area contributed by atoms with Gasteiger partial charge in [-0.3, -0.25) is 4.79 Å². The third-order valence-electron chi connectivity index (χ3n) is 6.03. The zero-order chi connectivity index (χ0) is 24.1. The number of carbonyl (C=O) groups is 1. The highest BCUT2D eigenvalue weighted by molar-refractivity contribution is 5.98. The molecule has 4 rings (SSSR count). The van der Waals surface area contributed by atoms with E-state index in [-0.39, 0.29) is 11.5 Å². The Bertz CT molecular complexity index is 1090. The molecule has 2 heterocycles. The van der Waals surface area contributed by atoms with Crippen molar-refractivity contribution >= 4 is 11.5 Å². The van der Waals surface area contributed by atoms with Gasteiger partial charge < -0.3 is 28.3 Å². The van der Waals surface area contributed by atoms with E-state index >= 15 is 0 Å². The minimum absolute atomic E-state index is 0.224. The van der Waals surface area contributed by atoms with E-state index in [4.69, 9.17) is 23.4 Å². The summed E-state index contributed by atoms with van der Waals surface area (Å²) in [6, 6.07) is 15.2. The van der Waals surface area contributed by atoms with Gasteiger partial charge in [0, 0.05) is 36.5 Å². The molecule has 34 heavy (non-hydrogen) atoms. The molecule has 180 valence electrons. The van der Waals surface area contributed by atoms with Crippen molar-refractivity contribution in [3.63, 3.8) is 0 Å². The molecule has 1 aromatic heterocycles. The van der Waals surface area contributed by atoms with Gasteiger partial charge in [0.05, 0.1) is 27.4 Å². The summed E-state index contributed by atoms with van der Waals surface area (Å²) in [5.74, 6) is 1.94. The van der Waals surface area contributed by atoms with Gasteiger partial charge in [-0.1, -0.05) is 12.1 Å². The van der Waals surface area contributed by atoms with Gasteiger partial charge in [0.2, 0.25) is 5.78 Å². The number of Topliss-reactive ketones (excluding diaryl/α,β-unsaturated/α-hetero) is 1. The average molecular weight is 466 g/mol. The molecule has 3 aromatic rings. The van der Waals surface area contributed by atoms with Crippen LogP contribution in [-0.2, 0) is 9.47 Å². The summed E-state index contributed by atoms with van der Waals surface area (Å²) in [5.41, 5.74) is 3.56. The number of nitrogens with zero attached hydrogens (tertiary/aromatic N) is 1. The quantitative estimate of drug-likeness (QED) is 0.409. The van der Waals surface area contributed by atoms with Crippen LogP contribution in [0.3, 0.4) is 0 Å². The maximum Gasteiger partial charge on any atom is 0.231 e. The molecule has 0 N–H and O–H groups in total. The second-order valence-electron chi connectivity index (χ2n) is 8.06. The number of hydrogen-bond donors (Lipinski definition) is 0. The van der Waals surface area contributed by atoms with Gasteiger partial charge in [-0.2, -0.15) is 0 Å². The summed E-state index contributed by atoms with van der Waals surface area (Å²) in [5, 5.41) is 0. The van der Waals surface area contributed by atoms with Crippen molar-refractivity contribution in [1.82, 2.24) is 0 Å². The number of ether oxygens (including phenoxy) is 4. The molecule has 0 amide bonds. The Labute approximate surface area is 200 Å². The lowest BCUT2D eigenvalue weighted by molar-refractivity contribution is 0.0429. The molecule has 1 atom stereocenters. The van der Waals surface area contributed by atoms with Crippen molar-refractivity contribution < 1.29 is 28.2 Å². The number of carbonyl (C=O) groups excluding carboxylic acids is 1. The van der Waals surface area contributed by atoms with E-state index in [0.717, 1.165) is 48.7 Å². The molecule has 1 saturated heterocycles. The summed E-state index contributed by atoms with van der Waals surface area (Å²) in [6.45, 7) is 7.37. The third-order valence-corrected chi connectivity index (χ3v) is 6.03. The maximum atomic E-state index is 13.4. The molecule has 7 heteroatoms. The molecule has 1 unspecified atom stereocenters. The molecular weight excluding hydrogens is 434 g/mol. The first kappa shape index (κ1) is 23.9. The average Bonchev–Trinajstić information content (AvgIpc) is 3.38. The topological polar surface area (TPSA) is 70.4 Å². The normalized spacial score (nSPS) is 14.6. The smallest absolute Gasteiger partial charge is 0.231 e. The first-order valence-electron chi connectivity index (χ1n) is 11.5. The Morgan fingerprint density at radius 2 is 1.65 bits per heavy atom. The van der Waals surface area contributed by atoms with Crippen molar-refractivity contribution in [2.24, 2.45) is 0 Å². The number of benzene rings is 2. The lowest BCUT2D eigenvalue weighted by Crippen LogP contribution is -2.36. The van der Waals surface area contributed by atoms with Crippen LogP contribution in [0.4, 0.5) is 5.69 Å². The van der Waals surface area contributed by atoms with Gasteiger partial charge in [-0.15, -0.1) is 0 Å². The number of methoxy groups -OCH3 is 2. The molecule has 0 aliphatic carbocycles. The Morgan fingerprint density at radius 3 is 2.24 bits per heavy atom. The van der Waals surface area contributed by atoms with Crippen LogP contribution in [-0.4, -0.2) is 52.9 Å². The summed E-state index contributed by atoms with van der Waals surface area (Å²) in [7, 11) is 3.22. The van der Waals surface area contributed by atoms with Crippen LogP contribution in [0.25, 0.3) is 11.3 Å². The predicted octanol–water partition coefficient (Wildman–Crippen LogP) is 5.07. The highest BCUT2D eigenvalue weighted by Gasteiger charge is 2.26. The monoisotopic (exact) mass is 465 g/mol. The number of morpholine rings is 1. The highest BCUT2D eigenvalue weighted by atomic mass is 16.5. The summed E-state index contributed by atoms with van der Waals surface area (Å²) < 4.78 is 28.2. The van der Waals surface area contributed by atoms with Crippen molar-refractivity contribution in [3.8, 4) is 22.8 Å². The minimum Gasteiger partial charge on any atom is -0.496 e. The van der Waals surface area contributed by atoms with Crippen LogP contribution in [0.15, 0.2) is 52.9 Å². The van der Waals surface area contributed by atoms with E-state index in [0.29, 0.717) is 23.9 Å². The molecular formula is C27H31NO6. The standard InChI is InChI=1S/C27H31NO6/c1-5-33-27(19-6-8-21(9-7-19)28-12-14-32-15-13-28)26(29)23-11-10-22(34-23)20-16-24(30-3)18(2)25(17-20)31-4/h6-11,16-17,27H,5,12-15H2,1-4H3. The molecule has 1 aliphatic rings. The fraction of sp³-hybridized carbons (Fsp3) is 0.370. The van der Waals surface area contributed by atoms with E-state index in [1.807, 2.05) is 50.2 Å². The van der Waals surface area contributed by atoms with E-state index in [2.05, 4.69) is 4.90 Å². The van der Waals surface area contributed by atoms with Gasteiger partial charge in [-0.05, 0) is 55.8 Å². The maximum absolute atomic E-state index is 13.4. The van der Waals surface area contributed by atoms with E-state index < -0.39 is 6.10 Å². The van der Waals surface area contributed by atoms with Gasteiger partial charge in [0.25, 0.3) is 0 Å². The number of anilines is 1. The summed E-state index contributed by atoms with van der Waals surface area (Å²) in [6.07, 6.45) is -0.746. The minimum atomic E-state index is -0.746. The van der Waals surface area contributed by atoms with E-state index in [9.17, 15) is 4.79 Å². The Kier molecular flexibility index (Phi) is 7.55. The predicted molar refractivity (Wildman–Crippen MR) is 130 cm³/mol. The first-order chi connectivity index (χ1) is 16.5. The molecule has 0 radical (unpaired) electrons. The number of hydrogen-bond acceptors (Lipinski definition) is 7. The van der Waals surface area contributed by atoms with Gasteiger partial charge in [0.1, 0.15) is 23.4 Å². The first-order valence-corrected chi connectivity index (χ1v) is 11.5. The molecule has 2 aromatic carbocycles.